The molecule has 0 saturated carbocycles. The van der Waals surface area contributed by atoms with Crippen LogP contribution < -0.4 is 10.1 Å². The molecule has 3 amide bonds. The lowest BCUT2D eigenvalue weighted by Gasteiger charge is -2.33. The smallest absolute Gasteiger partial charge is 0.484 e. The Kier molecular flexibility index (Phi) is 10.9. The van der Waals surface area contributed by atoms with Crippen molar-refractivity contribution in [2.75, 3.05) is 18.1 Å². The summed E-state index contributed by atoms with van der Waals surface area (Å²) < 4.78 is 63.3. The van der Waals surface area contributed by atoms with E-state index in [0.29, 0.717) is 18.6 Å². The highest BCUT2D eigenvalue weighted by atomic mass is 32.2. The first-order valence-electron chi connectivity index (χ1n) is 15.1. The molecule has 3 aromatic rings. The number of likely N-dealkylation sites (tertiary alicyclic amines) is 1. The molecule has 1 unspecified atom stereocenters. The van der Waals surface area contributed by atoms with Crippen LogP contribution in [0, 0.1) is 0 Å². The van der Waals surface area contributed by atoms with Crippen molar-refractivity contribution in [3.8, 4) is 5.75 Å². The maximum atomic E-state index is 14.4. The zero-order chi connectivity index (χ0) is 34.6. The monoisotopic (exact) mass is 691 g/mol. The molecule has 0 spiro atoms. The number of imide groups is 1. The van der Waals surface area contributed by atoms with Crippen molar-refractivity contribution in [3.63, 3.8) is 0 Å². The number of quaternary nitrogens is 1. The van der Waals surface area contributed by atoms with Gasteiger partial charge in [-0.2, -0.15) is 17.7 Å². The molecule has 0 radical (unpaired) electrons. The summed E-state index contributed by atoms with van der Waals surface area (Å²) in [5, 5.41) is 13.0. The molecule has 1 fully saturated rings. The third kappa shape index (κ3) is 8.06. The van der Waals surface area contributed by atoms with Gasteiger partial charge in [0.05, 0.1) is 16.8 Å². The highest BCUT2D eigenvalue weighted by Gasteiger charge is 2.59. The number of benzene rings is 2. The van der Waals surface area contributed by atoms with Gasteiger partial charge in [0.25, 0.3) is 16.0 Å². The fourth-order valence-electron chi connectivity index (χ4n) is 5.91. The largest absolute Gasteiger partial charge is 0.521 e. The van der Waals surface area contributed by atoms with E-state index in [-0.39, 0.29) is 29.2 Å². The van der Waals surface area contributed by atoms with Gasteiger partial charge in [-0.05, 0) is 49.7 Å². The summed E-state index contributed by atoms with van der Waals surface area (Å²) >= 11 is 0. The summed E-state index contributed by atoms with van der Waals surface area (Å²) in [5.74, 6) is -1.12. The second kappa shape index (κ2) is 14.3. The van der Waals surface area contributed by atoms with Gasteiger partial charge in [-0.25, -0.2) is 18.2 Å². The molecule has 16 heteroatoms. The van der Waals surface area contributed by atoms with Crippen LogP contribution in [0.1, 0.15) is 68.8 Å². The third-order valence-corrected chi connectivity index (χ3v) is 10.4. The third-order valence-electron chi connectivity index (χ3n) is 8.37. The van der Waals surface area contributed by atoms with Gasteiger partial charge < -0.3 is 19.7 Å². The topological polar surface area (TPSA) is 199 Å². The Morgan fingerprint density at radius 2 is 1.74 bits per heavy atom. The Labute approximate surface area is 273 Å². The lowest BCUT2D eigenvalue weighted by atomic mass is 10.0. The predicted octanol–water partition coefficient (Wildman–Crippen LogP) is 4.56. The molecule has 1 aliphatic heterocycles. The molecule has 14 nitrogen and oxygen atoms in total. The molecule has 1 aromatic heterocycles. The summed E-state index contributed by atoms with van der Waals surface area (Å²) in [5.41, 5.74) is -0.310. The maximum absolute atomic E-state index is 14.4. The Balaban J connectivity index is 1.60. The van der Waals surface area contributed by atoms with Crippen LogP contribution in [0.5, 0.6) is 5.75 Å². The Morgan fingerprint density at radius 1 is 1.06 bits per heavy atom. The molecular weight excluding hydrogens is 652 g/mol. The highest BCUT2D eigenvalue weighted by molar-refractivity contribution is 7.90. The summed E-state index contributed by atoms with van der Waals surface area (Å²) in [6, 6.07) is 9.23. The number of rotatable bonds is 13. The van der Waals surface area contributed by atoms with Gasteiger partial charge in [0.1, 0.15) is 29.3 Å². The SMILES string of the molecule is CCCCCCC(C(=O)[N@@+]1(C(=O)O)C[C@H](Oc2ccc(S(C)(=O)=O)cc2)C[C@H]1C)n1cnc(NC(=O)c2ccccc2S(=O)(=O)O)c1. The number of ether oxygens (including phenoxy) is 1. The van der Waals surface area contributed by atoms with E-state index in [2.05, 4.69) is 10.3 Å². The number of nitrogens with zero attached hydrogens (tertiary/aromatic N) is 3. The normalized spacial score (nSPS) is 20.4. The van der Waals surface area contributed by atoms with Crippen molar-refractivity contribution < 1.29 is 50.1 Å². The quantitative estimate of drug-likeness (QED) is 0.129. The van der Waals surface area contributed by atoms with E-state index in [1.54, 1.807) is 6.92 Å². The van der Waals surface area contributed by atoms with Crippen LogP contribution in [0.15, 0.2) is 70.8 Å². The number of hydrogen-bond acceptors (Lipinski definition) is 9. The van der Waals surface area contributed by atoms with Crippen LogP contribution in [0.3, 0.4) is 0 Å². The number of carboxylic acid groups (broad SMARTS) is 1. The number of anilines is 1. The molecule has 1 saturated heterocycles. The second-order valence-corrected chi connectivity index (χ2v) is 15.1. The summed E-state index contributed by atoms with van der Waals surface area (Å²) in [7, 11) is -8.11. The fraction of sp³-hybridized carbons (Fsp3) is 0.419. The molecule has 2 aromatic carbocycles. The number of aromatic nitrogens is 2. The zero-order valence-electron chi connectivity index (χ0n) is 26.3. The molecular formula is C31H39N4O10S2+. The molecule has 1 aliphatic rings. The predicted molar refractivity (Wildman–Crippen MR) is 170 cm³/mol. The number of hydrogen-bond donors (Lipinski definition) is 3. The van der Waals surface area contributed by atoms with Crippen LogP contribution in [-0.2, 0) is 24.7 Å². The van der Waals surface area contributed by atoms with Gasteiger partial charge in [-0.15, -0.1) is 0 Å². The number of unbranched alkanes of at least 4 members (excludes halogenated alkanes) is 3. The van der Waals surface area contributed by atoms with E-state index in [9.17, 15) is 40.9 Å². The summed E-state index contributed by atoms with van der Waals surface area (Å²) in [6.45, 7) is 3.54. The lowest BCUT2D eigenvalue weighted by Crippen LogP contribution is -2.61. The van der Waals surface area contributed by atoms with Crippen LogP contribution in [0.4, 0.5) is 10.6 Å². The molecule has 2 heterocycles. The van der Waals surface area contributed by atoms with Gasteiger partial charge in [0.15, 0.2) is 21.8 Å². The molecule has 254 valence electrons. The van der Waals surface area contributed by atoms with Crippen molar-refractivity contribution in [1.29, 1.82) is 0 Å². The Hall–Kier alpha value is -4.12. The minimum Gasteiger partial charge on any atom is -0.484 e. The number of sulfone groups is 1. The van der Waals surface area contributed by atoms with Gasteiger partial charge in [0.2, 0.25) is 0 Å². The molecule has 3 N–H and O–H groups in total. The first kappa shape index (κ1) is 35.7. The van der Waals surface area contributed by atoms with Crippen LogP contribution >= 0.6 is 0 Å². The molecule has 0 bridgehead atoms. The van der Waals surface area contributed by atoms with Gasteiger partial charge in [0, 0.05) is 18.9 Å². The average Bonchev–Trinajstić information content (AvgIpc) is 3.60. The van der Waals surface area contributed by atoms with Crippen LogP contribution in [-0.4, -0.2) is 83.4 Å². The summed E-state index contributed by atoms with van der Waals surface area (Å²) in [6.07, 6.45) is 5.62. The number of amides is 3. The number of carbonyl (C=O) groups excluding carboxylic acids is 2. The minimum atomic E-state index is -4.69. The molecule has 47 heavy (non-hydrogen) atoms. The fourth-order valence-corrected chi connectivity index (χ4v) is 7.23. The minimum absolute atomic E-state index is 0.0124. The van der Waals surface area contributed by atoms with Crippen molar-refractivity contribution in [3.05, 3.63) is 66.6 Å². The van der Waals surface area contributed by atoms with Crippen molar-refractivity contribution in [2.45, 2.75) is 80.4 Å². The zero-order valence-corrected chi connectivity index (χ0v) is 27.9. The van der Waals surface area contributed by atoms with Crippen LogP contribution in [0.25, 0.3) is 0 Å². The van der Waals surface area contributed by atoms with Gasteiger partial charge in [-0.1, -0.05) is 44.7 Å². The second-order valence-electron chi connectivity index (χ2n) is 11.7. The maximum Gasteiger partial charge on any atom is 0.521 e. The van der Waals surface area contributed by atoms with E-state index in [0.717, 1.165) is 31.6 Å². The number of imidazole rings is 1. The van der Waals surface area contributed by atoms with E-state index in [4.69, 9.17) is 4.74 Å². The standard InChI is InChI=1S/C31H38N4O10S2/c1-4-5-6-7-11-26(34-18-28(32-20-34)33-29(36)25-10-8-9-12-27(25)47(42,43)44)30(37)35(31(38)39)19-23(17-21(35)2)45-22-13-15-24(16-14-22)46(3,40)41/h8-10,12-16,18,20-21,23,26H,4-7,11,17,19H2,1-3H3,(H2-,33,36,38,39,42,43,44)/p+1/t21-,23-,26?,35-/m1/s1. The lowest BCUT2D eigenvalue weighted by molar-refractivity contribution is -0.795. The Bertz CT molecular complexity index is 1840. The first-order valence-corrected chi connectivity index (χ1v) is 18.4. The van der Waals surface area contributed by atoms with E-state index in [1.807, 2.05) is 6.92 Å². The average molecular weight is 692 g/mol. The van der Waals surface area contributed by atoms with Crippen molar-refractivity contribution in [1.82, 2.24) is 9.55 Å². The number of carbonyl (C=O) groups is 3. The highest BCUT2D eigenvalue weighted by Crippen LogP contribution is 2.36. The van der Waals surface area contributed by atoms with E-state index in [1.165, 1.54) is 59.6 Å². The molecule has 0 aliphatic carbocycles. The van der Waals surface area contributed by atoms with Gasteiger partial charge >= 0.3 is 12.0 Å². The van der Waals surface area contributed by atoms with Gasteiger partial charge in [-0.3, -0.25) is 9.35 Å². The van der Waals surface area contributed by atoms with Crippen LogP contribution in [0.2, 0.25) is 0 Å². The Morgan fingerprint density at radius 3 is 2.36 bits per heavy atom. The first-order chi connectivity index (χ1) is 22.1. The van der Waals surface area contributed by atoms with Crippen molar-refractivity contribution >= 4 is 43.7 Å². The molecule has 4 atom stereocenters. The van der Waals surface area contributed by atoms with Crippen molar-refractivity contribution in [2.24, 2.45) is 0 Å². The summed E-state index contributed by atoms with van der Waals surface area (Å²) in [4.78, 5) is 44.0. The number of nitrogens with one attached hydrogen (secondary N) is 1. The van der Waals surface area contributed by atoms with E-state index < -0.39 is 65.4 Å². The molecule has 4 rings (SSSR count). The van der Waals surface area contributed by atoms with E-state index >= 15 is 0 Å².